The molecule has 2 atom stereocenters. The maximum Gasteiger partial charge on any atom is 0.416 e. The van der Waals surface area contributed by atoms with Crippen molar-refractivity contribution < 1.29 is 31.1 Å². The summed E-state index contributed by atoms with van der Waals surface area (Å²) in [6.45, 7) is 0. The molecule has 0 saturated heterocycles. The standard InChI is InChI=1S/C17H16F3N3O4S/c1-27-16(24)15-13-12(8-21-22-13)14(9-2-3-9)23(15)28(25,26)11-6-4-10(5-7-11)17(18,19)20/h4-9,14-15H,2-3H2,1H3,(H,21,22). The number of benzene rings is 1. The summed E-state index contributed by atoms with van der Waals surface area (Å²) in [6, 6.07) is 1.35. The number of aromatic amines is 1. The van der Waals surface area contributed by atoms with E-state index in [0.29, 0.717) is 23.4 Å². The van der Waals surface area contributed by atoms with Gasteiger partial charge in [0.15, 0.2) is 6.04 Å². The van der Waals surface area contributed by atoms with Crippen molar-refractivity contribution >= 4 is 16.0 Å². The Hall–Kier alpha value is -2.40. The third-order valence-corrected chi connectivity index (χ3v) is 6.93. The van der Waals surface area contributed by atoms with E-state index in [-0.39, 0.29) is 10.8 Å². The fourth-order valence-corrected chi connectivity index (χ4v) is 5.40. The van der Waals surface area contributed by atoms with Gasteiger partial charge in [0.25, 0.3) is 0 Å². The number of alkyl halides is 3. The van der Waals surface area contributed by atoms with Crippen LogP contribution in [-0.4, -0.2) is 36.0 Å². The Bertz CT molecular complexity index is 1010. The highest BCUT2D eigenvalue weighted by molar-refractivity contribution is 7.89. The van der Waals surface area contributed by atoms with E-state index in [1.165, 1.54) is 6.20 Å². The van der Waals surface area contributed by atoms with Crippen molar-refractivity contribution in [3.05, 3.63) is 47.3 Å². The van der Waals surface area contributed by atoms with Crippen molar-refractivity contribution in [2.45, 2.75) is 36.0 Å². The van der Waals surface area contributed by atoms with Crippen LogP contribution in [0.2, 0.25) is 0 Å². The van der Waals surface area contributed by atoms with E-state index >= 15 is 0 Å². The number of nitrogens with zero attached hydrogens (tertiary/aromatic N) is 2. The Morgan fingerprint density at radius 1 is 1.25 bits per heavy atom. The van der Waals surface area contributed by atoms with Crippen molar-refractivity contribution in [1.29, 1.82) is 0 Å². The number of H-pyrrole nitrogens is 1. The number of ether oxygens (including phenoxy) is 1. The third kappa shape index (κ3) is 2.89. The zero-order chi connectivity index (χ0) is 20.3. The molecule has 7 nitrogen and oxygen atoms in total. The van der Waals surface area contributed by atoms with Crippen LogP contribution in [0.4, 0.5) is 13.2 Å². The maximum absolute atomic E-state index is 13.3. The summed E-state index contributed by atoms with van der Waals surface area (Å²) in [7, 11) is -3.14. The summed E-state index contributed by atoms with van der Waals surface area (Å²) in [4.78, 5) is 12.1. The highest BCUT2D eigenvalue weighted by Crippen LogP contribution is 2.55. The predicted octanol–water partition coefficient (Wildman–Crippen LogP) is 2.80. The minimum absolute atomic E-state index is 0.00947. The Morgan fingerprint density at radius 2 is 1.89 bits per heavy atom. The lowest BCUT2D eigenvalue weighted by atomic mass is 10.1. The quantitative estimate of drug-likeness (QED) is 0.776. The van der Waals surface area contributed by atoms with E-state index in [1.807, 2.05) is 0 Å². The first-order valence-electron chi connectivity index (χ1n) is 8.48. The summed E-state index contributed by atoms with van der Waals surface area (Å²) in [5, 5.41) is 6.59. The molecule has 1 aliphatic heterocycles. The second kappa shape index (κ2) is 6.31. The normalized spacial score (nSPS) is 22.9. The molecule has 150 valence electrons. The fraction of sp³-hybridized carbons (Fsp3) is 0.412. The topological polar surface area (TPSA) is 92.4 Å². The van der Waals surface area contributed by atoms with Gasteiger partial charge in [-0.1, -0.05) is 0 Å². The molecule has 1 aromatic heterocycles. The molecule has 4 rings (SSSR count). The number of hydrogen-bond acceptors (Lipinski definition) is 5. The van der Waals surface area contributed by atoms with Gasteiger partial charge in [-0.25, -0.2) is 13.2 Å². The van der Waals surface area contributed by atoms with E-state index in [2.05, 4.69) is 10.2 Å². The summed E-state index contributed by atoms with van der Waals surface area (Å²) in [6.07, 6.45) is -1.54. The van der Waals surface area contributed by atoms with Gasteiger partial charge < -0.3 is 4.74 Å². The third-order valence-electron chi connectivity index (χ3n) is 5.07. The number of carbonyl (C=O) groups is 1. The lowest BCUT2D eigenvalue weighted by molar-refractivity contribution is -0.145. The molecule has 1 aliphatic carbocycles. The van der Waals surface area contributed by atoms with Gasteiger partial charge in [0.1, 0.15) is 0 Å². The lowest BCUT2D eigenvalue weighted by Gasteiger charge is -2.28. The summed E-state index contributed by atoms with van der Waals surface area (Å²) >= 11 is 0. The predicted molar refractivity (Wildman–Crippen MR) is 89.3 cm³/mol. The van der Waals surface area contributed by atoms with E-state index in [1.54, 1.807) is 0 Å². The first kappa shape index (κ1) is 18.9. The van der Waals surface area contributed by atoms with Crippen molar-refractivity contribution in [2.24, 2.45) is 5.92 Å². The first-order valence-corrected chi connectivity index (χ1v) is 9.92. The van der Waals surface area contributed by atoms with Crippen molar-refractivity contribution in [3.8, 4) is 0 Å². The Balaban J connectivity index is 1.80. The highest BCUT2D eigenvalue weighted by Gasteiger charge is 2.55. The minimum atomic E-state index is -4.58. The second-order valence-corrected chi connectivity index (χ2v) is 8.65. The zero-order valence-corrected chi connectivity index (χ0v) is 15.4. The Labute approximate surface area is 158 Å². The molecule has 1 aromatic carbocycles. The molecule has 1 N–H and O–H groups in total. The van der Waals surface area contributed by atoms with Gasteiger partial charge >= 0.3 is 12.1 Å². The maximum atomic E-state index is 13.3. The number of hydrogen-bond donors (Lipinski definition) is 1. The Morgan fingerprint density at radius 3 is 2.43 bits per heavy atom. The number of halogens is 3. The van der Waals surface area contributed by atoms with Gasteiger partial charge in [-0.2, -0.15) is 22.6 Å². The van der Waals surface area contributed by atoms with Crippen LogP contribution < -0.4 is 0 Å². The minimum Gasteiger partial charge on any atom is -0.468 e. The molecule has 1 fully saturated rings. The van der Waals surface area contributed by atoms with Crippen LogP contribution in [0.25, 0.3) is 0 Å². The van der Waals surface area contributed by atoms with Gasteiger partial charge in [-0.3, -0.25) is 5.10 Å². The number of nitrogens with one attached hydrogen (secondary N) is 1. The molecular weight excluding hydrogens is 399 g/mol. The largest absolute Gasteiger partial charge is 0.468 e. The lowest BCUT2D eigenvalue weighted by Crippen LogP contribution is -2.38. The van der Waals surface area contributed by atoms with Crippen LogP contribution in [0.15, 0.2) is 35.4 Å². The molecule has 2 heterocycles. The molecule has 0 spiro atoms. The summed E-state index contributed by atoms with van der Waals surface area (Å²) < 4.78 is 70.9. The molecule has 11 heteroatoms. The zero-order valence-electron chi connectivity index (χ0n) is 14.6. The summed E-state index contributed by atoms with van der Waals surface area (Å²) in [5.41, 5.74) is -0.0295. The molecule has 0 bridgehead atoms. The molecule has 28 heavy (non-hydrogen) atoms. The highest BCUT2D eigenvalue weighted by atomic mass is 32.2. The monoisotopic (exact) mass is 415 g/mol. The average Bonchev–Trinajstić information content (AvgIpc) is 3.27. The summed E-state index contributed by atoms with van der Waals surface area (Å²) in [5.74, 6) is -0.778. The van der Waals surface area contributed by atoms with Crippen LogP contribution in [0.5, 0.6) is 0 Å². The van der Waals surface area contributed by atoms with Gasteiger partial charge in [0.05, 0.1) is 35.5 Å². The molecule has 0 radical (unpaired) electrons. The molecule has 2 aromatic rings. The van der Waals surface area contributed by atoms with E-state index in [9.17, 15) is 26.4 Å². The van der Waals surface area contributed by atoms with Gasteiger partial charge in [0.2, 0.25) is 10.0 Å². The van der Waals surface area contributed by atoms with E-state index in [4.69, 9.17) is 4.74 Å². The van der Waals surface area contributed by atoms with E-state index < -0.39 is 39.8 Å². The molecular formula is C17H16F3N3O4S. The number of sulfonamides is 1. The average molecular weight is 415 g/mol. The van der Waals surface area contributed by atoms with Crippen LogP contribution in [0, 0.1) is 5.92 Å². The number of aromatic nitrogens is 2. The number of carbonyl (C=O) groups excluding carboxylic acids is 1. The van der Waals surface area contributed by atoms with Gasteiger partial charge in [0, 0.05) is 5.56 Å². The number of fused-ring (bicyclic) bond motifs is 1. The van der Waals surface area contributed by atoms with E-state index in [0.717, 1.165) is 36.4 Å². The second-order valence-electron chi connectivity index (χ2n) is 6.80. The number of methoxy groups -OCH3 is 1. The Kier molecular flexibility index (Phi) is 4.27. The van der Waals surface area contributed by atoms with Crippen LogP contribution in [-0.2, 0) is 25.7 Å². The SMILES string of the molecule is COC(=O)C1c2[nH]ncc2C(C2CC2)N1S(=O)(=O)c1ccc(C(F)(F)F)cc1. The van der Waals surface area contributed by atoms with Crippen LogP contribution in [0.3, 0.4) is 0 Å². The molecule has 2 aliphatic rings. The van der Waals surface area contributed by atoms with Crippen molar-refractivity contribution in [1.82, 2.24) is 14.5 Å². The van der Waals surface area contributed by atoms with Crippen molar-refractivity contribution in [2.75, 3.05) is 7.11 Å². The van der Waals surface area contributed by atoms with Crippen LogP contribution >= 0.6 is 0 Å². The van der Waals surface area contributed by atoms with Crippen molar-refractivity contribution in [3.63, 3.8) is 0 Å². The number of rotatable bonds is 4. The first-order chi connectivity index (χ1) is 13.2. The molecule has 0 amide bonds. The van der Waals surface area contributed by atoms with Crippen LogP contribution in [0.1, 0.15) is 41.7 Å². The number of esters is 1. The van der Waals surface area contributed by atoms with Gasteiger partial charge in [-0.15, -0.1) is 0 Å². The van der Waals surface area contributed by atoms with Gasteiger partial charge in [-0.05, 0) is 43.0 Å². The fourth-order valence-electron chi connectivity index (χ4n) is 3.62. The molecule has 2 unspecified atom stereocenters. The molecule has 1 saturated carbocycles. The smallest absolute Gasteiger partial charge is 0.416 e.